The summed E-state index contributed by atoms with van der Waals surface area (Å²) in [5, 5.41) is 2.72. The molecule has 92 valence electrons. The van der Waals surface area contributed by atoms with Crippen molar-refractivity contribution in [3.05, 3.63) is 0 Å². The Bertz CT molecular complexity index is 280. The van der Waals surface area contributed by atoms with E-state index in [4.69, 9.17) is 4.74 Å². The molecule has 0 aromatic heterocycles. The van der Waals surface area contributed by atoms with Gasteiger partial charge in [0, 0.05) is 13.7 Å². The summed E-state index contributed by atoms with van der Waals surface area (Å²) in [5.41, 5.74) is 0. The van der Waals surface area contributed by atoms with Gasteiger partial charge < -0.3 is 15.0 Å². The van der Waals surface area contributed by atoms with E-state index < -0.39 is 6.04 Å². The van der Waals surface area contributed by atoms with Crippen molar-refractivity contribution in [1.29, 1.82) is 0 Å². The molecule has 0 bridgehead atoms. The summed E-state index contributed by atoms with van der Waals surface area (Å²) in [5.74, 6) is -0.103. The highest BCUT2D eigenvalue weighted by molar-refractivity contribution is 5.96. The van der Waals surface area contributed by atoms with E-state index in [2.05, 4.69) is 5.32 Å². The fraction of sp³-hybridized carbons (Fsp3) is 0.818. The summed E-state index contributed by atoms with van der Waals surface area (Å²) < 4.78 is 5.13. The predicted molar refractivity (Wildman–Crippen MR) is 59.9 cm³/mol. The molecular weight excluding hydrogens is 208 g/mol. The first kappa shape index (κ1) is 13.0. The van der Waals surface area contributed by atoms with E-state index in [9.17, 15) is 9.59 Å². The van der Waals surface area contributed by atoms with Crippen molar-refractivity contribution in [2.75, 3.05) is 13.7 Å². The first-order valence-electron chi connectivity index (χ1n) is 5.64. The van der Waals surface area contributed by atoms with E-state index in [1.165, 1.54) is 0 Å². The third-order valence-electron chi connectivity index (χ3n) is 3.01. The Labute approximate surface area is 96.1 Å². The second-order valence-corrected chi connectivity index (χ2v) is 4.18. The summed E-state index contributed by atoms with van der Waals surface area (Å²) in [4.78, 5) is 25.3. The topological polar surface area (TPSA) is 58.6 Å². The number of hydrogen-bond donors (Lipinski definition) is 1. The molecule has 0 aromatic carbocycles. The van der Waals surface area contributed by atoms with Crippen LogP contribution in [-0.2, 0) is 14.3 Å². The molecule has 0 saturated carbocycles. The Balaban J connectivity index is 2.77. The van der Waals surface area contributed by atoms with Crippen LogP contribution in [0.3, 0.4) is 0 Å². The Morgan fingerprint density at radius 2 is 2.12 bits per heavy atom. The van der Waals surface area contributed by atoms with Gasteiger partial charge in [-0.3, -0.25) is 9.59 Å². The van der Waals surface area contributed by atoms with Crippen LogP contribution in [-0.4, -0.2) is 48.6 Å². The second-order valence-electron chi connectivity index (χ2n) is 4.18. The molecule has 16 heavy (non-hydrogen) atoms. The molecule has 1 heterocycles. The first-order chi connectivity index (χ1) is 7.51. The zero-order valence-corrected chi connectivity index (χ0v) is 10.3. The van der Waals surface area contributed by atoms with E-state index in [1.54, 1.807) is 18.9 Å². The summed E-state index contributed by atoms with van der Waals surface area (Å²) in [6.45, 7) is 5.96. The van der Waals surface area contributed by atoms with Crippen molar-refractivity contribution in [2.24, 2.45) is 0 Å². The van der Waals surface area contributed by atoms with Gasteiger partial charge in [-0.1, -0.05) is 6.92 Å². The maximum Gasteiger partial charge on any atom is 0.245 e. The van der Waals surface area contributed by atoms with Crippen LogP contribution in [0.4, 0.5) is 0 Å². The number of rotatable bonds is 4. The van der Waals surface area contributed by atoms with Crippen LogP contribution in [0.1, 0.15) is 27.2 Å². The average Bonchev–Trinajstić information content (AvgIpc) is 2.28. The Morgan fingerprint density at radius 1 is 1.50 bits per heavy atom. The number of amides is 2. The highest BCUT2D eigenvalue weighted by Gasteiger charge is 2.37. The van der Waals surface area contributed by atoms with Crippen LogP contribution in [0.2, 0.25) is 0 Å². The lowest BCUT2D eigenvalue weighted by molar-refractivity contribution is -0.150. The summed E-state index contributed by atoms with van der Waals surface area (Å²) in [6.07, 6.45) is 0.560. The summed E-state index contributed by atoms with van der Waals surface area (Å²) in [7, 11) is 1.60. The molecule has 0 aromatic rings. The van der Waals surface area contributed by atoms with Crippen molar-refractivity contribution in [3.63, 3.8) is 0 Å². The quantitative estimate of drug-likeness (QED) is 0.745. The van der Waals surface area contributed by atoms with Gasteiger partial charge in [-0.15, -0.1) is 0 Å². The molecule has 5 heteroatoms. The molecule has 3 unspecified atom stereocenters. The van der Waals surface area contributed by atoms with Crippen LogP contribution in [0.15, 0.2) is 0 Å². The second kappa shape index (κ2) is 5.30. The standard InChI is InChI=1S/C11H20N2O3/c1-5-9-11(15)13(6-7(2)16-4)8(3)10(14)12-9/h7-9H,5-6H2,1-4H3,(H,12,14). The van der Waals surface area contributed by atoms with Crippen LogP contribution in [0, 0.1) is 0 Å². The third kappa shape index (κ3) is 2.52. The molecule has 1 aliphatic heterocycles. The maximum absolute atomic E-state index is 12.0. The Hall–Kier alpha value is -1.10. The molecule has 1 rings (SSSR count). The summed E-state index contributed by atoms with van der Waals surface area (Å²) in [6, 6.07) is -0.791. The third-order valence-corrected chi connectivity index (χ3v) is 3.01. The van der Waals surface area contributed by atoms with Gasteiger partial charge in [-0.25, -0.2) is 0 Å². The first-order valence-corrected chi connectivity index (χ1v) is 5.64. The van der Waals surface area contributed by atoms with Gasteiger partial charge in [0.25, 0.3) is 0 Å². The lowest BCUT2D eigenvalue weighted by atomic mass is 10.1. The molecular formula is C11H20N2O3. The molecule has 0 aliphatic carbocycles. The maximum atomic E-state index is 12.0. The number of ether oxygens (including phenoxy) is 1. The molecule has 1 aliphatic rings. The minimum absolute atomic E-state index is 0.0153. The molecule has 1 fully saturated rings. The smallest absolute Gasteiger partial charge is 0.245 e. The van der Waals surface area contributed by atoms with E-state index in [1.807, 2.05) is 13.8 Å². The minimum atomic E-state index is -0.409. The fourth-order valence-electron chi connectivity index (χ4n) is 1.76. The zero-order valence-electron chi connectivity index (χ0n) is 10.3. The molecule has 0 spiro atoms. The van der Waals surface area contributed by atoms with Gasteiger partial charge in [0.05, 0.1) is 6.10 Å². The van der Waals surface area contributed by atoms with Gasteiger partial charge in [-0.2, -0.15) is 0 Å². The normalized spacial score (nSPS) is 27.9. The highest BCUT2D eigenvalue weighted by atomic mass is 16.5. The van der Waals surface area contributed by atoms with Crippen molar-refractivity contribution in [2.45, 2.75) is 45.4 Å². The monoisotopic (exact) mass is 228 g/mol. The Kier molecular flexibility index (Phi) is 4.29. The van der Waals surface area contributed by atoms with Crippen molar-refractivity contribution < 1.29 is 14.3 Å². The predicted octanol–water partition coefficient (Wildman–Crippen LogP) is 0.147. The highest BCUT2D eigenvalue weighted by Crippen LogP contribution is 2.12. The fourth-order valence-corrected chi connectivity index (χ4v) is 1.76. The van der Waals surface area contributed by atoms with E-state index in [0.29, 0.717) is 13.0 Å². The zero-order chi connectivity index (χ0) is 12.3. The number of methoxy groups -OCH3 is 1. The Morgan fingerprint density at radius 3 is 2.62 bits per heavy atom. The van der Waals surface area contributed by atoms with Crippen molar-refractivity contribution in [1.82, 2.24) is 10.2 Å². The van der Waals surface area contributed by atoms with Gasteiger partial charge in [-0.05, 0) is 20.3 Å². The number of carbonyl (C=O) groups excluding carboxylic acids is 2. The van der Waals surface area contributed by atoms with Crippen LogP contribution >= 0.6 is 0 Å². The number of carbonyl (C=O) groups is 2. The molecule has 2 amide bonds. The summed E-state index contributed by atoms with van der Waals surface area (Å²) >= 11 is 0. The number of nitrogens with zero attached hydrogens (tertiary/aromatic N) is 1. The number of piperazine rings is 1. The SMILES string of the molecule is CCC1NC(=O)C(C)N(CC(C)OC)C1=O. The van der Waals surface area contributed by atoms with E-state index in [-0.39, 0.29) is 24.0 Å². The van der Waals surface area contributed by atoms with Crippen LogP contribution < -0.4 is 5.32 Å². The minimum Gasteiger partial charge on any atom is -0.380 e. The van der Waals surface area contributed by atoms with Crippen molar-refractivity contribution >= 4 is 11.8 Å². The lowest BCUT2D eigenvalue weighted by Crippen LogP contribution is -2.63. The molecule has 3 atom stereocenters. The van der Waals surface area contributed by atoms with Gasteiger partial charge >= 0.3 is 0 Å². The largest absolute Gasteiger partial charge is 0.380 e. The van der Waals surface area contributed by atoms with E-state index >= 15 is 0 Å². The van der Waals surface area contributed by atoms with E-state index in [0.717, 1.165) is 0 Å². The van der Waals surface area contributed by atoms with Gasteiger partial charge in [0.15, 0.2) is 0 Å². The van der Waals surface area contributed by atoms with Crippen LogP contribution in [0.25, 0.3) is 0 Å². The molecule has 1 N–H and O–H groups in total. The molecule has 0 radical (unpaired) electrons. The average molecular weight is 228 g/mol. The molecule has 5 nitrogen and oxygen atoms in total. The van der Waals surface area contributed by atoms with Gasteiger partial charge in [0.2, 0.25) is 11.8 Å². The van der Waals surface area contributed by atoms with Crippen molar-refractivity contribution in [3.8, 4) is 0 Å². The number of nitrogens with one attached hydrogen (secondary N) is 1. The number of hydrogen-bond acceptors (Lipinski definition) is 3. The lowest BCUT2D eigenvalue weighted by Gasteiger charge is -2.38. The molecule has 1 saturated heterocycles. The van der Waals surface area contributed by atoms with Crippen LogP contribution in [0.5, 0.6) is 0 Å². The van der Waals surface area contributed by atoms with Gasteiger partial charge in [0.1, 0.15) is 12.1 Å².